The van der Waals surface area contributed by atoms with Crippen LogP contribution in [-0.2, 0) is 16.1 Å². The van der Waals surface area contributed by atoms with Crippen LogP contribution in [0.2, 0.25) is 0 Å². The minimum Gasteiger partial charge on any atom is -0.347 e. The molecule has 5 aliphatic rings. The topological polar surface area (TPSA) is 91.8 Å². The number of carbonyl (C=O) groups is 2. The third kappa shape index (κ3) is 3.63. The van der Waals surface area contributed by atoms with Crippen LogP contribution in [0.15, 0.2) is 0 Å². The van der Waals surface area contributed by atoms with E-state index >= 15 is 0 Å². The minimum atomic E-state index is -0.185. The van der Waals surface area contributed by atoms with Gasteiger partial charge in [-0.1, -0.05) is 0 Å². The van der Waals surface area contributed by atoms with Crippen LogP contribution in [0, 0.1) is 27.9 Å². The molecule has 0 aromatic carbocycles. The molecular formula is C20H29N5O2S. The van der Waals surface area contributed by atoms with Crippen molar-refractivity contribution in [3.05, 3.63) is 10.6 Å². The predicted molar refractivity (Wildman–Crippen MR) is 106 cm³/mol. The lowest BCUT2D eigenvalue weighted by molar-refractivity contribution is -0.132. The number of H-pyrrole nitrogens is 1. The molecule has 0 aliphatic heterocycles. The summed E-state index contributed by atoms with van der Waals surface area (Å²) in [4.78, 5) is 24.7. The van der Waals surface area contributed by atoms with E-state index in [9.17, 15) is 9.59 Å². The molecule has 0 radical (unpaired) electrons. The fraction of sp³-hybridized carbons (Fsp3) is 0.800. The quantitative estimate of drug-likeness (QED) is 0.610. The van der Waals surface area contributed by atoms with Crippen molar-refractivity contribution in [2.24, 2.45) is 23.2 Å². The Kier molecular flexibility index (Phi) is 4.56. The van der Waals surface area contributed by atoms with Crippen molar-refractivity contribution < 1.29 is 9.59 Å². The summed E-state index contributed by atoms with van der Waals surface area (Å²) in [5.41, 5.74) is 0.208. The van der Waals surface area contributed by atoms with Crippen molar-refractivity contribution in [3.8, 4) is 0 Å². The van der Waals surface area contributed by atoms with Gasteiger partial charge in [-0.15, -0.1) is 0 Å². The molecule has 1 aromatic heterocycles. The molecule has 152 valence electrons. The van der Waals surface area contributed by atoms with E-state index in [1.807, 2.05) is 4.57 Å². The van der Waals surface area contributed by atoms with Crippen molar-refractivity contribution in [1.29, 1.82) is 0 Å². The van der Waals surface area contributed by atoms with Crippen molar-refractivity contribution in [2.45, 2.75) is 70.4 Å². The third-order valence-electron chi connectivity index (χ3n) is 7.28. The standard InChI is InChI=1S/C20H29N5O2S/c26-17(9-20-6-12-3-13(7-20)5-14(4-12)8-20)22-11-18(27)21-10-16-23-24-19(28)25(16)15-1-2-15/h12-15H,1-11H2,(H,21,27)(H,22,26)(H,24,28). The smallest absolute Gasteiger partial charge is 0.239 e. The van der Waals surface area contributed by atoms with Gasteiger partial charge in [0.15, 0.2) is 10.6 Å². The van der Waals surface area contributed by atoms with Gasteiger partial charge < -0.3 is 10.6 Å². The Morgan fingerprint density at radius 2 is 1.71 bits per heavy atom. The van der Waals surface area contributed by atoms with Gasteiger partial charge >= 0.3 is 0 Å². The minimum absolute atomic E-state index is 0.0257. The molecule has 1 aromatic rings. The SMILES string of the molecule is O=C(CNC(=O)CC12CC3CC(CC(C3)C1)C2)NCc1n[nH]c(=S)n1C1CC1. The zero-order valence-electron chi connectivity index (χ0n) is 16.2. The van der Waals surface area contributed by atoms with Gasteiger partial charge in [-0.05, 0) is 86.8 Å². The zero-order chi connectivity index (χ0) is 19.3. The Labute approximate surface area is 170 Å². The summed E-state index contributed by atoms with van der Waals surface area (Å²) < 4.78 is 2.59. The lowest BCUT2D eigenvalue weighted by Crippen LogP contribution is -2.48. The van der Waals surface area contributed by atoms with Gasteiger partial charge in [0.05, 0.1) is 13.1 Å². The molecule has 0 saturated heterocycles. The number of carbonyl (C=O) groups excluding carboxylic acids is 2. The second-order valence-electron chi connectivity index (χ2n) is 9.69. The Morgan fingerprint density at radius 1 is 1.07 bits per heavy atom. The Hall–Kier alpha value is -1.70. The molecule has 2 amide bonds. The number of rotatable bonds is 7. The Bertz CT molecular complexity index is 805. The van der Waals surface area contributed by atoms with E-state index in [0.29, 0.717) is 23.8 Å². The number of hydrogen-bond donors (Lipinski definition) is 3. The third-order valence-corrected chi connectivity index (χ3v) is 7.57. The van der Waals surface area contributed by atoms with E-state index in [2.05, 4.69) is 20.8 Å². The van der Waals surface area contributed by atoms with Crippen LogP contribution in [0.4, 0.5) is 0 Å². The molecule has 5 aliphatic carbocycles. The first-order valence-corrected chi connectivity index (χ1v) is 11.1. The second kappa shape index (κ2) is 6.97. The van der Waals surface area contributed by atoms with Gasteiger partial charge in [0.2, 0.25) is 11.8 Å². The molecule has 1 heterocycles. The summed E-state index contributed by atoms with van der Waals surface area (Å²) in [6.45, 7) is 0.354. The summed E-state index contributed by atoms with van der Waals surface area (Å²) in [5.74, 6) is 3.10. The largest absolute Gasteiger partial charge is 0.347 e. The van der Waals surface area contributed by atoms with E-state index in [-0.39, 0.29) is 23.8 Å². The maximum atomic E-state index is 12.5. The Morgan fingerprint density at radius 3 is 2.32 bits per heavy atom. The maximum Gasteiger partial charge on any atom is 0.239 e. The summed E-state index contributed by atoms with van der Waals surface area (Å²) in [7, 11) is 0. The highest BCUT2D eigenvalue weighted by atomic mass is 32.1. The van der Waals surface area contributed by atoms with E-state index in [1.165, 1.54) is 38.5 Å². The normalized spacial score (nSPS) is 33.1. The molecule has 0 unspecified atom stereocenters. The fourth-order valence-electron chi connectivity index (χ4n) is 6.50. The monoisotopic (exact) mass is 403 g/mol. The maximum absolute atomic E-state index is 12.5. The highest BCUT2D eigenvalue weighted by molar-refractivity contribution is 7.71. The van der Waals surface area contributed by atoms with E-state index in [0.717, 1.165) is 36.4 Å². The van der Waals surface area contributed by atoms with Gasteiger partial charge in [0.1, 0.15) is 0 Å². The van der Waals surface area contributed by atoms with Gasteiger partial charge in [-0.2, -0.15) is 5.10 Å². The average molecular weight is 404 g/mol. The van der Waals surface area contributed by atoms with Crippen molar-refractivity contribution in [1.82, 2.24) is 25.4 Å². The van der Waals surface area contributed by atoms with Crippen LogP contribution in [0.3, 0.4) is 0 Å². The molecule has 8 heteroatoms. The molecule has 4 bridgehead atoms. The van der Waals surface area contributed by atoms with E-state index < -0.39 is 0 Å². The lowest BCUT2D eigenvalue weighted by Gasteiger charge is -2.56. The van der Waals surface area contributed by atoms with Crippen molar-refractivity contribution in [3.63, 3.8) is 0 Å². The van der Waals surface area contributed by atoms with Gasteiger partial charge in [0, 0.05) is 12.5 Å². The number of hydrogen-bond acceptors (Lipinski definition) is 4. The van der Waals surface area contributed by atoms with Crippen molar-refractivity contribution >= 4 is 24.0 Å². The molecule has 0 spiro atoms. The van der Waals surface area contributed by atoms with Crippen LogP contribution in [0.25, 0.3) is 0 Å². The van der Waals surface area contributed by atoms with E-state index in [1.54, 1.807) is 0 Å². The molecule has 0 atom stereocenters. The summed E-state index contributed by atoms with van der Waals surface area (Å²) in [6.07, 6.45) is 10.6. The van der Waals surface area contributed by atoms with Crippen LogP contribution in [0.5, 0.6) is 0 Å². The first-order chi connectivity index (χ1) is 13.5. The van der Waals surface area contributed by atoms with Gasteiger partial charge in [0.25, 0.3) is 0 Å². The fourth-order valence-corrected chi connectivity index (χ4v) is 6.80. The number of nitrogens with one attached hydrogen (secondary N) is 3. The van der Waals surface area contributed by atoms with Crippen LogP contribution >= 0.6 is 12.2 Å². The molecular weight excluding hydrogens is 374 g/mol. The highest BCUT2D eigenvalue weighted by Gasteiger charge is 2.51. The molecule has 3 N–H and O–H groups in total. The first kappa shape index (κ1) is 18.3. The molecule has 28 heavy (non-hydrogen) atoms. The average Bonchev–Trinajstić information content (AvgIpc) is 3.39. The second-order valence-corrected chi connectivity index (χ2v) is 10.1. The summed E-state index contributed by atoms with van der Waals surface area (Å²) in [5, 5.41) is 12.7. The van der Waals surface area contributed by atoms with Crippen LogP contribution in [0.1, 0.15) is 69.7 Å². The number of amides is 2. The van der Waals surface area contributed by atoms with Gasteiger partial charge in [-0.25, -0.2) is 0 Å². The molecule has 7 nitrogen and oxygen atoms in total. The summed E-state index contributed by atoms with van der Waals surface area (Å²) >= 11 is 5.25. The first-order valence-electron chi connectivity index (χ1n) is 10.7. The number of aromatic nitrogens is 3. The number of nitrogens with zero attached hydrogens (tertiary/aromatic N) is 2. The highest BCUT2D eigenvalue weighted by Crippen LogP contribution is 2.61. The predicted octanol–water partition coefficient (Wildman–Crippen LogP) is 2.61. The van der Waals surface area contributed by atoms with E-state index in [4.69, 9.17) is 12.2 Å². The Balaban J connectivity index is 1.09. The van der Waals surface area contributed by atoms with Crippen LogP contribution in [-0.4, -0.2) is 33.1 Å². The van der Waals surface area contributed by atoms with Crippen molar-refractivity contribution in [2.75, 3.05) is 6.54 Å². The zero-order valence-corrected chi connectivity index (χ0v) is 17.0. The van der Waals surface area contributed by atoms with Gasteiger partial charge in [-0.3, -0.25) is 19.3 Å². The molecule has 5 fully saturated rings. The number of aromatic amines is 1. The molecule has 6 rings (SSSR count). The lowest BCUT2D eigenvalue weighted by atomic mass is 9.49. The molecule has 5 saturated carbocycles. The summed E-state index contributed by atoms with van der Waals surface area (Å²) in [6, 6.07) is 0.415. The van der Waals surface area contributed by atoms with Crippen LogP contribution < -0.4 is 10.6 Å².